The Morgan fingerprint density at radius 3 is 3.11 bits per heavy atom. The van der Waals surface area contributed by atoms with Gasteiger partial charge in [-0.25, -0.2) is 4.68 Å². The molecule has 5 heterocycles. The molecule has 0 spiro atoms. The quantitative estimate of drug-likeness (QED) is 0.698. The van der Waals surface area contributed by atoms with Crippen molar-refractivity contribution in [1.82, 2.24) is 19.1 Å². The van der Waals surface area contributed by atoms with Gasteiger partial charge in [-0.1, -0.05) is 6.07 Å². The maximum Gasteiger partial charge on any atom is 0.267 e. The average Bonchev–Trinajstić information content (AvgIpc) is 3.34. The zero-order chi connectivity index (χ0) is 19.1. The Kier molecular flexibility index (Phi) is 4.24. The lowest BCUT2D eigenvalue weighted by molar-refractivity contribution is 0.0719. The van der Waals surface area contributed by atoms with Gasteiger partial charge >= 0.3 is 0 Å². The van der Waals surface area contributed by atoms with Gasteiger partial charge in [-0.2, -0.15) is 5.10 Å². The largest absolute Gasteiger partial charge is 0.376 e. The number of hydrogen-bond acceptors (Lipinski definition) is 4. The predicted octanol–water partition coefficient (Wildman–Crippen LogP) is 1.87. The molecule has 1 saturated heterocycles. The van der Waals surface area contributed by atoms with E-state index < -0.39 is 0 Å². The zero-order valence-electron chi connectivity index (χ0n) is 15.6. The van der Waals surface area contributed by atoms with Crippen molar-refractivity contribution in [2.24, 2.45) is 0 Å². The molecule has 2 aliphatic heterocycles. The molecule has 7 nitrogen and oxygen atoms in total. The Morgan fingerprint density at radius 1 is 1.29 bits per heavy atom. The molecule has 28 heavy (non-hydrogen) atoms. The highest BCUT2D eigenvalue weighted by atomic mass is 16.5. The fourth-order valence-corrected chi connectivity index (χ4v) is 4.21. The molecule has 2 aliphatic rings. The molecule has 5 rings (SSSR count). The molecule has 0 bridgehead atoms. The molecule has 1 unspecified atom stereocenters. The van der Waals surface area contributed by atoms with Crippen LogP contribution in [0, 0.1) is 0 Å². The minimum absolute atomic E-state index is 0.0152. The average molecular weight is 378 g/mol. The number of carbonyl (C=O) groups is 1. The van der Waals surface area contributed by atoms with Gasteiger partial charge < -0.3 is 14.0 Å². The Hall–Kier alpha value is -2.93. The smallest absolute Gasteiger partial charge is 0.267 e. The monoisotopic (exact) mass is 378 g/mol. The van der Waals surface area contributed by atoms with Crippen LogP contribution in [0.4, 0.5) is 0 Å². The van der Waals surface area contributed by atoms with E-state index in [0.717, 1.165) is 36.0 Å². The first-order valence-corrected chi connectivity index (χ1v) is 9.74. The first-order valence-electron chi connectivity index (χ1n) is 9.74. The molecule has 0 saturated carbocycles. The van der Waals surface area contributed by atoms with Crippen LogP contribution in [0.3, 0.4) is 0 Å². The topological polar surface area (TPSA) is 68.8 Å². The fourth-order valence-electron chi connectivity index (χ4n) is 4.21. The Bertz CT molecular complexity index is 1070. The molecule has 3 aromatic heterocycles. The highest BCUT2D eigenvalue weighted by Gasteiger charge is 2.31. The number of aromatic nitrogens is 3. The minimum Gasteiger partial charge on any atom is -0.376 e. The summed E-state index contributed by atoms with van der Waals surface area (Å²) in [4.78, 5) is 27.5. The molecular weight excluding hydrogens is 356 g/mol. The van der Waals surface area contributed by atoms with Gasteiger partial charge in [-0.05, 0) is 31.0 Å². The highest BCUT2D eigenvalue weighted by molar-refractivity contribution is 5.96. The third-order valence-electron chi connectivity index (χ3n) is 5.68. The third kappa shape index (κ3) is 3.01. The number of pyridine rings is 1. The van der Waals surface area contributed by atoms with Crippen molar-refractivity contribution in [1.29, 1.82) is 0 Å². The van der Waals surface area contributed by atoms with Crippen LogP contribution >= 0.6 is 0 Å². The second-order valence-electron chi connectivity index (χ2n) is 7.50. The van der Waals surface area contributed by atoms with Crippen molar-refractivity contribution < 1.29 is 9.53 Å². The highest BCUT2D eigenvalue weighted by Crippen LogP contribution is 2.22. The van der Waals surface area contributed by atoms with Crippen LogP contribution in [0.15, 0.2) is 47.5 Å². The van der Waals surface area contributed by atoms with Crippen molar-refractivity contribution in [2.45, 2.75) is 38.5 Å². The Morgan fingerprint density at radius 2 is 2.21 bits per heavy atom. The summed E-state index contributed by atoms with van der Waals surface area (Å²) in [5.41, 5.74) is 3.36. The number of likely N-dealkylation sites (tertiary alicyclic amines) is 1. The molecule has 1 fully saturated rings. The van der Waals surface area contributed by atoms with Gasteiger partial charge in [-0.3, -0.25) is 9.59 Å². The van der Waals surface area contributed by atoms with Crippen molar-refractivity contribution in [3.05, 3.63) is 69.9 Å². The molecule has 0 aliphatic carbocycles. The number of amides is 1. The van der Waals surface area contributed by atoms with E-state index in [-0.39, 0.29) is 17.5 Å². The number of fused-ring (bicyclic) bond motifs is 2. The van der Waals surface area contributed by atoms with Crippen LogP contribution in [0.1, 0.15) is 34.5 Å². The van der Waals surface area contributed by atoms with E-state index in [1.807, 2.05) is 46.0 Å². The SMILES string of the molecule is O=C(c1cc2ccccn2c1)N1CCCC1Cn1nc2c(cc1=O)COCC2. The normalized spacial score (nSPS) is 19.1. The van der Waals surface area contributed by atoms with Crippen LogP contribution in [0.25, 0.3) is 5.52 Å². The lowest BCUT2D eigenvalue weighted by Gasteiger charge is -2.25. The lowest BCUT2D eigenvalue weighted by atomic mass is 10.1. The predicted molar refractivity (Wildman–Crippen MR) is 103 cm³/mol. The van der Waals surface area contributed by atoms with Crippen molar-refractivity contribution in [3.63, 3.8) is 0 Å². The summed E-state index contributed by atoms with van der Waals surface area (Å²) in [5.74, 6) is 0.0191. The standard InChI is InChI=1S/C21H22N4O3/c26-20-11-16-14-28-9-6-19(16)22-25(20)13-18-5-3-8-24(18)21(27)15-10-17-4-1-2-7-23(17)12-15/h1-2,4,7,10-12,18H,3,5-6,8-9,13-14H2. The Labute approximate surface area is 162 Å². The van der Waals surface area contributed by atoms with Gasteiger partial charge in [0.15, 0.2) is 0 Å². The summed E-state index contributed by atoms with van der Waals surface area (Å²) in [6.07, 6.45) is 6.36. The number of carbonyl (C=O) groups excluding carboxylic acids is 1. The molecule has 3 aromatic rings. The van der Waals surface area contributed by atoms with Gasteiger partial charge in [-0.15, -0.1) is 0 Å². The molecule has 144 valence electrons. The zero-order valence-corrected chi connectivity index (χ0v) is 15.6. The summed E-state index contributed by atoms with van der Waals surface area (Å²) in [6, 6.07) is 9.42. The second kappa shape index (κ2) is 6.91. The van der Waals surface area contributed by atoms with E-state index in [4.69, 9.17) is 4.74 Å². The second-order valence-corrected chi connectivity index (χ2v) is 7.50. The van der Waals surface area contributed by atoms with Gasteiger partial charge in [0, 0.05) is 42.5 Å². The van der Waals surface area contributed by atoms with Gasteiger partial charge in [0.2, 0.25) is 0 Å². The van der Waals surface area contributed by atoms with E-state index in [1.165, 1.54) is 4.68 Å². The molecule has 1 atom stereocenters. The molecule has 0 radical (unpaired) electrons. The van der Waals surface area contributed by atoms with Crippen molar-refractivity contribution in [2.75, 3.05) is 13.2 Å². The van der Waals surface area contributed by atoms with Crippen LogP contribution in [-0.2, 0) is 24.3 Å². The maximum absolute atomic E-state index is 13.1. The number of nitrogens with zero attached hydrogens (tertiary/aromatic N) is 4. The third-order valence-corrected chi connectivity index (χ3v) is 5.68. The first-order chi connectivity index (χ1) is 13.7. The van der Waals surface area contributed by atoms with Crippen LogP contribution in [0.2, 0.25) is 0 Å². The minimum atomic E-state index is -0.127. The van der Waals surface area contributed by atoms with Crippen LogP contribution < -0.4 is 5.56 Å². The van der Waals surface area contributed by atoms with Crippen molar-refractivity contribution >= 4 is 11.4 Å². The summed E-state index contributed by atoms with van der Waals surface area (Å²) in [7, 11) is 0. The Balaban J connectivity index is 1.39. The van der Waals surface area contributed by atoms with Gasteiger partial charge in [0.25, 0.3) is 11.5 Å². The van der Waals surface area contributed by atoms with Crippen LogP contribution in [-0.4, -0.2) is 44.2 Å². The van der Waals surface area contributed by atoms with Gasteiger partial charge in [0.1, 0.15) is 0 Å². The molecule has 0 aromatic carbocycles. The fraction of sp³-hybridized carbons (Fsp3) is 0.381. The number of ether oxygens (including phenoxy) is 1. The summed E-state index contributed by atoms with van der Waals surface area (Å²) < 4.78 is 8.88. The summed E-state index contributed by atoms with van der Waals surface area (Å²) >= 11 is 0. The lowest BCUT2D eigenvalue weighted by Crippen LogP contribution is -2.41. The van der Waals surface area contributed by atoms with E-state index in [1.54, 1.807) is 6.07 Å². The summed E-state index contributed by atoms with van der Waals surface area (Å²) in [5, 5.41) is 4.56. The van der Waals surface area contributed by atoms with E-state index in [0.29, 0.717) is 31.9 Å². The molecule has 7 heteroatoms. The maximum atomic E-state index is 13.1. The van der Waals surface area contributed by atoms with Crippen molar-refractivity contribution in [3.8, 4) is 0 Å². The van der Waals surface area contributed by atoms with Crippen LogP contribution in [0.5, 0.6) is 0 Å². The number of hydrogen-bond donors (Lipinski definition) is 0. The van der Waals surface area contributed by atoms with E-state index in [9.17, 15) is 9.59 Å². The molecular formula is C21H22N4O3. The summed E-state index contributed by atoms with van der Waals surface area (Å²) in [6.45, 7) is 2.23. The number of rotatable bonds is 3. The van der Waals surface area contributed by atoms with Gasteiger partial charge in [0.05, 0.1) is 37.1 Å². The molecule has 1 amide bonds. The molecule has 0 N–H and O–H groups in total. The van der Waals surface area contributed by atoms with E-state index >= 15 is 0 Å². The first kappa shape index (κ1) is 17.2. The van der Waals surface area contributed by atoms with E-state index in [2.05, 4.69) is 5.10 Å².